The summed E-state index contributed by atoms with van der Waals surface area (Å²) < 4.78 is 16.4. The summed E-state index contributed by atoms with van der Waals surface area (Å²) in [5, 5.41) is 5.92. The van der Waals surface area contributed by atoms with E-state index < -0.39 is 11.7 Å². The smallest absolute Gasteiger partial charge is 0.407 e. The van der Waals surface area contributed by atoms with Gasteiger partial charge in [-0.3, -0.25) is 9.59 Å². The van der Waals surface area contributed by atoms with Crippen molar-refractivity contribution >= 4 is 40.6 Å². The van der Waals surface area contributed by atoms with Crippen LogP contribution in [0.3, 0.4) is 0 Å². The predicted molar refractivity (Wildman–Crippen MR) is 166 cm³/mol. The van der Waals surface area contributed by atoms with E-state index in [0.717, 1.165) is 53.2 Å². The molecule has 0 atom stereocenters. The molecule has 2 heterocycles. The third-order valence-electron chi connectivity index (χ3n) is 6.93. The standard InChI is InChI=1S/C32H38N4O6S/c1-20-27(23-10-11-26-22(18-23)12-14-36(26)30(38)21-8-9-21)35-29(43-20)28(37)34-24-6-5-7-25(19-24)41-17-16-40-15-13-33-31(39)42-32(2,3)4/h5-7,10-11,18-19,21H,8-9,12-17H2,1-4H3,(H,33,39)(H,34,37). The Kier molecular flexibility index (Phi) is 9.31. The Morgan fingerprint density at radius 2 is 1.88 bits per heavy atom. The third kappa shape index (κ3) is 8.11. The number of benzene rings is 2. The topological polar surface area (TPSA) is 119 Å². The Labute approximate surface area is 255 Å². The van der Waals surface area contributed by atoms with Crippen LogP contribution < -0.4 is 20.3 Å². The number of hydrogen-bond donors (Lipinski definition) is 2. The van der Waals surface area contributed by atoms with Crippen LogP contribution in [-0.2, 0) is 20.7 Å². The molecular weight excluding hydrogens is 568 g/mol. The fraction of sp³-hybridized carbons (Fsp3) is 0.438. The highest BCUT2D eigenvalue weighted by atomic mass is 32.1. The van der Waals surface area contributed by atoms with E-state index in [4.69, 9.17) is 14.2 Å². The summed E-state index contributed by atoms with van der Waals surface area (Å²) in [5.74, 6) is 0.735. The normalized spacial score (nSPS) is 14.3. The van der Waals surface area contributed by atoms with E-state index in [9.17, 15) is 14.4 Å². The Hall–Kier alpha value is -3.96. The van der Waals surface area contributed by atoms with E-state index >= 15 is 0 Å². The lowest BCUT2D eigenvalue weighted by Gasteiger charge is -2.19. The number of aromatic nitrogens is 1. The van der Waals surface area contributed by atoms with Crippen LogP contribution in [0.5, 0.6) is 5.75 Å². The fourth-order valence-corrected chi connectivity index (χ4v) is 5.63. The van der Waals surface area contributed by atoms with E-state index in [1.165, 1.54) is 11.3 Å². The monoisotopic (exact) mass is 606 g/mol. The average Bonchev–Trinajstić information content (AvgIpc) is 3.60. The molecule has 0 unspecified atom stereocenters. The van der Waals surface area contributed by atoms with Crippen molar-refractivity contribution in [3.63, 3.8) is 0 Å². The Balaban J connectivity index is 1.10. The molecule has 0 radical (unpaired) electrons. The second-order valence-corrected chi connectivity index (χ2v) is 12.9. The van der Waals surface area contributed by atoms with Crippen LogP contribution in [0.1, 0.15) is 53.9 Å². The van der Waals surface area contributed by atoms with Crippen LogP contribution >= 0.6 is 11.3 Å². The number of anilines is 2. The van der Waals surface area contributed by atoms with Crippen LogP contribution in [0.2, 0.25) is 0 Å². The van der Waals surface area contributed by atoms with Gasteiger partial charge in [0.15, 0.2) is 5.01 Å². The van der Waals surface area contributed by atoms with Gasteiger partial charge in [-0.1, -0.05) is 12.1 Å². The lowest BCUT2D eigenvalue weighted by atomic mass is 10.1. The molecule has 3 amide bonds. The minimum atomic E-state index is -0.542. The SMILES string of the molecule is Cc1sc(C(=O)Nc2cccc(OCCOCCNC(=O)OC(C)(C)C)c2)nc1-c1ccc2c(c1)CCN2C(=O)C1CC1. The first-order valence-corrected chi connectivity index (χ1v) is 15.4. The largest absolute Gasteiger partial charge is 0.491 e. The molecule has 1 fully saturated rings. The predicted octanol–water partition coefficient (Wildman–Crippen LogP) is 5.59. The lowest BCUT2D eigenvalue weighted by Crippen LogP contribution is -2.34. The summed E-state index contributed by atoms with van der Waals surface area (Å²) in [6.45, 7) is 9.42. The van der Waals surface area contributed by atoms with Crippen LogP contribution in [-0.4, -0.2) is 61.4 Å². The van der Waals surface area contributed by atoms with Gasteiger partial charge in [0, 0.05) is 46.9 Å². The first-order chi connectivity index (χ1) is 20.6. The second kappa shape index (κ2) is 13.1. The molecule has 10 nitrogen and oxygen atoms in total. The van der Waals surface area contributed by atoms with E-state index in [2.05, 4.69) is 21.7 Å². The van der Waals surface area contributed by atoms with Crippen molar-refractivity contribution in [2.75, 3.05) is 43.1 Å². The molecule has 0 saturated heterocycles. The summed E-state index contributed by atoms with van der Waals surface area (Å²) in [5.41, 5.74) is 3.92. The van der Waals surface area contributed by atoms with E-state index in [1.54, 1.807) is 45.0 Å². The van der Waals surface area contributed by atoms with Crippen molar-refractivity contribution in [3.05, 3.63) is 57.9 Å². The van der Waals surface area contributed by atoms with Gasteiger partial charge in [0.1, 0.15) is 18.0 Å². The number of alkyl carbamates (subject to hydrolysis) is 1. The molecule has 5 rings (SSSR count). The van der Waals surface area contributed by atoms with Crippen LogP contribution in [0.15, 0.2) is 42.5 Å². The number of nitrogens with one attached hydrogen (secondary N) is 2. The van der Waals surface area contributed by atoms with Gasteiger partial charge in [0.05, 0.1) is 18.9 Å². The van der Waals surface area contributed by atoms with Gasteiger partial charge >= 0.3 is 6.09 Å². The van der Waals surface area contributed by atoms with Gasteiger partial charge in [-0.05, 0) is 76.8 Å². The number of rotatable bonds is 11. The third-order valence-corrected chi connectivity index (χ3v) is 7.90. The zero-order valence-corrected chi connectivity index (χ0v) is 25.8. The molecule has 0 bridgehead atoms. The molecule has 11 heteroatoms. The van der Waals surface area contributed by atoms with Crippen molar-refractivity contribution in [1.82, 2.24) is 10.3 Å². The molecule has 228 valence electrons. The van der Waals surface area contributed by atoms with Gasteiger partial charge in [-0.2, -0.15) is 0 Å². The number of hydrogen-bond acceptors (Lipinski definition) is 8. The zero-order valence-electron chi connectivity index (χ0n) is 25.0. The van der Waals surface area contributed by atoms with Crippen molar-refractivity contribution in [2.24, 2.45) is 5.92 Å². The van der Waals surface area contributed by atoms with E-state index in [-0.39, 0.29) is 17.7 Å². The number of carbonyl (C=O) groups excluding carboxylic acids is 3. The minimum absolute atomic E-state index is 0.194. The van der Waals surface area contributed by atoms with Crippen LogP contribution in [0, 0.1) is 12.8 Å². The van der Waals surface area contributed by atoms with Crippen molar-refractivity contribution in [1.29, 1.82) is 0 Å². The maximum Gasteiger partial charge on any atom is 0.407 e. The number of thiazole rings is 1. The molecule has 2 aromatic carbocycles. The zero-order chi connectivity index (χ0) is 30.6. The molecule has 0 spiro atoms. The molecule has 43 heavy (non-hydrogen) atoms. The summed E-state index contributed by atoms with van der Waals surface area (Å²) >= 11 is 1.35. The molecule has 3 aromatic rings. The molecule has 1 saturated carbocycles. The number of fused-ring (bicyclic) bond motifs is 1. The molecule has 2 aliphatic rings. The maximum absolute atomic E-state index is 13.1. The van der Waals surface area contributed by atoms with E-state index in [1.807, 2.05) is 24.0 Å². The number of carbonyl (C=O) groups is 3. The summed E-state index contributed by atoms with van der Waals surface area (Å²) in [6, 6.07) is 13.2. The van der Waals surface area contributed by atoms with Gasteiger partial charge in [-0.15, -0.1) is 11.3 Å². The first-order valence-electron chi connectivity index (χ1n) is 14.6. The highest BCUT2D eigenvalue weighted by Gasteiger charge is 2.36. The second-order valence-electron chi connectivity index (χ2n) is 11.7. The van der Waals surface area contributed by atoms with Gasteiger partial charge in [-0.25, -0.2) is 9.78 Å². The summed E-state index contributed by atoms with van der Waals surface area (Å²) in [4.78, 5) is 44.9. The number of ether oxygens (including phenoxy) is 3. The Morgan fingerprint density at radius 3 is 2.65 bits per heavy atom. The molecule has 1 aliphatic carbocycles. The molecule has 1 aliphatic heterocycles. The summed E-state index contributed by atoms with van der Waals surface area (Å²) in [7, 11) is 0. The fourth-order valence-electron chi connectivity index (χ4n) is 4.80. The highest BCUT2D eigenvalue weighted by molar-refractivity contribution is 7.14. The number of aryl methyl sites for hydroxylation is 1. The van der Waals surface area contributed by atoms with Gasteiger partial charge < -0.3 is 29.7 Å². The minimum Gasteiger partial charge on any atom is -0.491 e. The lowest BCUT2D eigenvalue weighted by molar-refractivity contribution is -0.119. The Bertz CT molecular complexity index is 1490. The maximum atomic E-state index is 13.1. The number of nitrogens with zero attached hydrogens (tertiary/aromatic N) is 2. The molecule has 2 N–H and O–H groups in total. The average molecular weight is 607 g/mol. The number of amides is 3. The Morgan fingerprint density at radius 1 is 1.07 bits per heavy atom. The molecule has 1 aromatic heterocycles. The summed E-state index contributed by atoms with van der Waals surface area (Å²) in [6.07, 6.45) is 2.34. The van der Waals surface area contributed by atoms with Crippen molar-refractivity contribution in [2.45, 2.75) is 52.6 Å². The van der Waals surface area contributed by atoms with Crippen LogP contribution in [0.25, 0.3) is 11.3 Å². The highest BCUT2D eigenvalue weighted by Crippen LogP contribution is 2.38. The van der Waals surface area contributed by atoms with Crippen molar-refractivity contribution < 1.29 is 28.6 Å². The van der Waals surface area contributed by atoms with E-state index in [0.29, 0.717) is 42.8 Å². The molecular formula is C32H38N4O6S. The van der Waals surface area contributed by atoms with Crippen molar-refractivity contribution in [3.8, 4) is 17.0 Å². The quantitative estimate of drug-likeness (QED) is 0.273. The van der Waals surface area contributed by atoms with Gasteiger partial charge in [0.25, 0.3) is 5.91 Å². The van der Waals surface area contributed by atoms with Crippen LogP contribution in [0.4, 0.5) is 16.2 Å². The van der Waals surface area contributed by atoms with Gasteiger partial charge in [0.2, 0.25) is 5.91 Å². The first kappa shape index (κ1) is 30.5.